The summed E-state index contributed by atoms with van der Waals surface area (Å²) < 4.78 is 0. The normalized spacial score (nSPS) is 22.0. The lowest BCUT2D eigenvalue weighted by Gasteiger charge is -2.26. The molecule has 3 nitrogen and oxygen atoms in total. The van der Waals surface area contributed by atoms with Crippen LogP contribution in [0.2, 0.25) is 0 Å². The third-order valence-corrected chi connectivity index (χ3v) is 3.28. The smallest absolute Gasteiger partial charge is 0.237 e. The summed E-state index contributed by atoms with van der Waals surface area (Å²) in [6.45, 7) is 5.01. The van der Waals surface area contributed by atoms with Gasteiger partial charge < -0.3 is 5.32 Å². The van der Waals surface area contributed by atoms with Gasteiger partial charge in [0.05, 0.1) is 6.04 Å². The highest BCUT2D eigenvalue weighted by molar-refractivity contribution is 5.82. The maximum absolute atomic E-state index is 11.7. The number of aryl methyl sites for hydroxylation is 1. The van der Waals surface area contributed by atoms with Gasteiger partial charge in [-0.05, 0) is 32.3 Å². The molecule has 0 bridgehead atoms. The largest absolute Gasteiger partial charge is 0.355 e. The number of piperidine rings is 1. The first-order valence-electron chi connectivity index (χ1n) is 6.27. The molecule has 2 unspecified atom stereocenters. The molecule has 1 amide bonds. The van der Waals surface area contributed by atoms with Crippen LogP contribution in [-0.4, -0.2) is 18.5 Å². The maximum Gasteiger partial charge on any atom is 0.237 e. The number of amides is 1. The van der Waals surface area contributed by atoms with E-state index in [-0.39, 0.29) is 18.0 Å². The van der Waals surface area contributed by atoms with E-state index < -0.39 is 0 Å². The fraction of sp³-hybridized carbons (Fsp3) is 0.500. The van der Waals surface area contributed by atoms with Crippen molar-refractivity contribution < 1.29 is 4.79 Å². The molecule has 0 radical (unpaired) electrons. The molecule has 3 heteroatoms. The Morgan fingerprint density at radius 3 is 3.00 bits per heavy atom. The molecule has 0 aliphatic carbocycles. The van der Waals surface area contributed by atoms with Gasteiger partial charge in [0.2, 0.25) is 5.91 Å². The highest BCUT2D eigenvalue weighted by atomic mass is 16.2. The van der Waals surface area contributed by atoms with E-state index in [1.54, 1.807) is 0 Å². The topological polar surface area (TPSA) is 41.1 Å². The first-order chi connectivity index (χ1) is 8.16. The van der Waals surface area contributed by atoms with Crippen LogP contribution in [0.25, 0.3) is 0 Å². The Hall–Kier alpha value is -1.35. The van der Waals surface area contributed by atoms with Crippen molar-refractivity contribution in [2.45, 2.75) is 38.8 Å². The van der Waals surface area contributed by atoms with Gasteiger partial charge in [0, 0.05) is 12.6 Å². The van der Waals surface area contributed by atoms with E-state index in [0.29, 0.717) is 0 Å². The minimum atomic E-state index is -0.0423. The molecule has 0 aromatic heterocycles. The quantitative estimate of drug-likeness (QED) is 0.836. The minimum Gasteiger partial charge on any atom is -0.355 e. The summed E-state index contributed by atoms with van der Waals surface area (Å²) in [6, 6.07) is 8.58. The average molecular weight is 232 g/mol. The molecule has 17 heavy (non-hydrogen) atoms. The number of hydrogen-bond acceptors (Lipinski definition) is 2. The molecular weight excluding hydrogens is 212 g/mol. The molecule has 1 aliphatic heterocycles. The second-order valence-electron chi connectivity index (χ2n) is 4.79. The molecule has 92 valence electrons. The number of hydrogen-bond donors (Lipinski definition) is 2. The molecule has 2 N–H and O–H groups in total. The van der Waals surface area contributed by atoms with Crippen molar-refractivity contribution in [3.05, 3.63) is 35.4 Å². The Kier molecular flexibility index (Phi) is 3.79. The highest BCUT2D eigenvalue weighted by Gasteiger charge is 2.23. The highest BCUT2D eigenvalue weighted by Crippen LogP contribution is 2.16. The Labute approximate surface area is 103 Å². The molecule has 1 aliphatic rings. The molecule has 0 saturated carbocycles. The molecular formula is C14H20N2O. The number of carbonyl (C=O) groups is 1. The molecule has 1 heterocycles. The van der Waals surface area contributed by atoms with Crippen molar-refractivity contribution in [3.8, 4) is 0 Å². The van der Waals surface area contributed by atoms with Crippen molar-refractivity contribution >= 4 is 5.91 Å². The SMILES string of the molecule is Cc1cccc(C(C)NC2CCCNC2=O)c1. The van der Waals surface area contributed by atoms with Gasteiger partial charge in [0.1, 0.15) is 0 Å². The van der Waals surface area contributed by atoms with E-state index >= 15 is 0 Å². The van der Waals surface area contributed by atoms with E-state index in [2.05, 4.69) is 48.7 Å². The molecule has 2 atom stereocenters. The van der Waals surface area contributed by atoms with Gasteiger partial charge in [-0.1, -0.05) is 29.8 Å². The number of nitrogens with one attached hydrogen (secondary N) is 2. The van der Waals surface area contributed by atoms with Crippen LogP contribution in [0.3, 0.4) is 0 Å². The number of rotatable bonds is 3. The third-order valence-electron chi connectivity index (χ3n) is 3.28. The van der Waals surface area contributed by atoms with E-state index in [4.69, 9.17) is 0 Å². The monoisotopic (exact) mass is 232 g/mol. The second kappa shape index (κ2) is 5.32. The predicted octanol–water partition coefficient (Wildman–Crippen LogP) is 1.92. The van der Waals surface area contributed by atoms with Crippen molar-refractivity contribution in [3.63, 3.8) is 0 Å². The molecule has 1 saturated heterocycles. The molecule has 1 aromatic rings. The van der Waals surface area contributed by atoms with E-state index in [0.717, 1.165) is 19.4 Å². The summed E-state index contributed by atoms with van der Waals surface area (Å²) in [5, 5.41) is 6.30. The van der Waals surface area contributed by atoms with Crippen LogP contribution in [-0.2, 0) is 4.79 Å². The van der Waals surface area contributed by atoms with Crippen LogP contribution in [0, 0.1) is 6.92 Å². The van der Waals surface area contributed by atoms with Crippen LogP contribution < -0.4 is 10.6 Å². The maximum atomic E-state index is 11.7. The number of benzene rings is 1. The molecule has 0 spiro atoms. The van der Waals surface area contributed by atoms with Gasteiger partial charge in [-0.15, -0.1) is 0 Å². The first-order valence-corrected chi connectivity index (χ1v) is 6.27. The summed E-state index contributed by atoms with van der Waals surface area (Å²) in [5.41, 5.74) is 2.49. The standard InChI is InChI=1S/C14H20N2O/c1-10-5-3-6-12(9-10)11(2)16-13-7-4-8-15-14(13)17/h3,5-6,9,11,13,16H,4,7-8H2,1-2H3,(H,15,17). The zero-order valence-electron chi connectivity index (χ0n) is 10.5. The van der Waals surface area contributed by atoms with Crippen molar-refractivity contribution in [2.24, 2.45) is 0 Å². The van der Waals surface area contributed by atoms with Crippen LogP contribution in [0.4, 0.5) is 0 Å². The third kappa shape index (κ3) is 3.07. The lowest BCUT2D eigenvalue weighted by molar-refractivity contribution is -0.124. The van der Waals surface area contributed by atoms with Gasteiger partial charge in [-0.2, -0.15) is 0 Å². The van der Waals surface area contributed by atoms with Gasteiger partial charge in [-0.25, -0.2) is 0 Å². The Balaban J connectivity index is 2.00. The van der Waals surface area contributed by atoms with Gasteiger partial charge in [0.15, 0.2) is 0 Å². The lowest BCUT2D eigenvalue weighted by atomic mass is 10.0. The van der Waals surface area contributed by atoms with E-state index in [1.165, 1.54) is 11.1 Å². The van der Waals surface area contributed by atoms with Gasteiger partial charge in [0.25, 0.3) is 0 Å². The summed E-state index contributed by atoms with van der Waals surface area (Å²) in [5.74, 6) is 0.135. The zero-order valence-corrected chi connectivity index (χ0v) is 10.5. The Bertz CT molecular complexity index is 403. The van der Waals surface area contributed by atoms with E-state index in [9.17, 15) is 4.79 Å². The van der Waals surface area contributed by atoms with Crippen LogP contribution in [0.5, 0.6) is 0 Å². The van der Waals surface area contributed by atoms with Crippen molar-refractivity contribution in [1.29, 1.82) is 0 Å². The summed E-state index contributed by atoms with van der Waals surface area (Å²) in [6.07, 6.45) is 1.99. The summed E-state index contributed by atoms with van der Waals surface area (Å²) in [7, 11) is 0. The molecule has 1 aromatic carbocycles. The van der Waals surface area contributed by atoms with Crippen LogP contribution in [0.1, 0.15) is 36.9 Å². The van der Waals surface area contributed by atoms with Crippen molar-refractivity contribution in [1.82, 2.24) is 10.6 Å². The fourth-order valence-electron chi connectivity index (χ4n) is 2.27. The van der Waals surface area contributed by atoms with Crippen LogP contribution >= 0.6 is 0 Å². The lowest BCUT2D eigenvalue weighted by Crippen LogP contribution is -2.48. The molecule has 2 rings (SSSR count). The van der Waals surface area contributed by atoms with Gasteiger partial charge in [-0.3, -0.25) is 10.1 Å². The summed E-state index contributed by atoms with van der Waals surface area (Å²) in [4.78, 5) is 11.7. The predicted molar refractivity (Wildman–Crippen MR) is 68.8 cm³/mol. The average Bonchev–Trinajstić information content (AvgIpc) is 2.32. The van der Waals surface area contributed by atoms with E-state index in [1.807, 2.05) is 0 Å². The Morgan fingerprint density at radius 2 is 2.29 bits per heavy atom. The summed E-state index contributed by atoms with van der Waals surface area (Å²) >= 11 is 0. The fourth-order valence-corrected chi connectivity index (χ4v) is 2.27. The first kappa shape index (κ1) is 12.1. The Morgan fingerprint density at radius 1 is 1.47 bits per heavy atom. The number of carbonyl (C=O) groups excluding carboxylic acids is 1. The zero-order chi connectivity index (χ0) is 12.3. The van der Waals surface area contributed by atoms with Gasteiger partial charge >= 0.3 is 0 Å². The van der Waals surface area contributed by atoms with Crippen LogP contribution in [0.15, 0.2) is 24.3 Å². The van der Waals surface area contributed by atoms with Crippen molar-refractivity contribution in [2.75, 3.05) is 6.54 Å². The molecule has 1 fully saturated rings. The second-order valence-corrected chi connectivity index (χ2v) is 4.79. The minimum absolute atomic E-state index is 0.0423.